The molecule has 3 rings (SSSR count). The quantitative estimate of drug-likeness (QED) is 0.567. The Labute approximate surface area is 140 Å². The van der Waals surface area contributed by atoms with Crippen molar-refractivity contribution in [3.05, 3.63) is 47.5 Å². The molecule has 1 heterocycles. The Morgan fingerprint density at radius 1 is 0.958 bits per heavy atom. The van der Waals surface area contributed by atoms with Gasteiger partial charge >= 0.3 is 0 Å². The highest BCUT2D eigenvalue weighted by atomic mass is 16.5. The van der Waals surface area contributed by atoms with Crippen molar-refractivity contribution in [1.29, 1.82) is 0 Å². The smallest absolute Gasteiger partial charge is 0.147 e. The first-order valence-electron chi connectivity index (χ1n) is 7.82. The van der Waals surface area contributed by atoms with Crippen LogP contribution in [0, 0.1) is 18.8 Å². The van der Waals surface area contributed by atoms with E-state index in [0.717, 1.165) is 21.9 Å². The maximum absolute atomic E-state index is 9.99. The number of aryl methyl sites for hydroxylation is 1. The third-order valence-electron chi connectivity index (χ3n) is 4.25. The molecule has 0 aliphatic carbocycles. The van der Waals surface area contributed by atoms with Crippen LogP contribution in [0.2, 0.25) is 0 Å². The van der Waals surface area contributed by atoms with Crippen LogP contribution in [0.15, 0.2) is 36.4 Å². The highest BCUT2D eigenvalue weighted by molar-refractivity contribution is 5.84. The van der Waals surface area contributed by atoms with Gasteiger partial charge in [0.15, 0.2) is 0 Å². The van der Waals surface area contributed by atoms with Gasteiger partial charge < -0.3 is 25.2 Å². The normalized spacial score (nSPS) is 30.0. The summed E-state index contributed by atoms with van der Waals surface area (Å²) in [6, 6.07) is 11.9. The van der Waals surface area contributed by atoms with E-state index in [0.29, 0.717) is 0 Å². The lowest BCUT2D eigenvalue weighted by Crippen LogP contribution is -2.58. The molecule has 0 saturated carbocycles. The molecule has 0 aromatic heterocycles. The molecule has 126 valence electrons. The average molecular weight is 328 g/mol. The van der Waals surface area contributed by atoms with Crippen molar-refractivity contribution in [3.63, 3.8) is 0 Å². The van der Waals surface area contributed by atoms with E-state index in [2.05, 4.69) is 17.9 Å². The minimum Gasteiger partial charge on any atom is -0.394 e. The van der Waals surface area contributed by atoms with Gasteiger partial charge in [0, 0.05) is 5.56 Å². The molecular formula is C19H20O5. The van der Waals surface area contributed by atoms with Crippen molar-refractivity contribution in [1.82, 2.24) is 0 Å². The van der Waals surface area contributed by atoms with Gasteiger partial charge in [-0.25, -0.2) is 0 Å². The van der Waals surface area contributed by atoms with Crippen molar-refractivity contribution in [2.75, 3.05) is 6.61 Å². The number of ether oxygens (including phenoxy) is 1. The first-order chi connectivity index (χ1) is 11.5. The van der Waals surface area contributed by atoms with Crippen LogP contribution in [0.5, 0.6) is 0 Å². The zero-order valence-electron chi connectivity index (χ0n) is 13.3. The minimum absolute atomic E-state index is 0.460. The third kappa shape index (κ3) is 3.29. The summed E-state index contributed by atoms with van der Waals surface area (Å²) >= 11 is 0. The highest BCUT2D eigenvalue weighted by Crippen LogP contribution is 2.21. The zero-order chi connectivity index (χ0) is 17.3. The van der Waals surface area contributed by atoms with Gasteiger partial charge in [0.2, 0.25) is 0 Å². The molecule has 0 spiro atoms. The largest absolute Gasteiger partial charge is 0.394 e. The van der Waals surface area contributed by atoms with Gasteiger partial charge in [0.05, 0.1) is 6.61 Å². The summed E-state index contributed by atoms with van der Waals surface area (Å²) < 4.78 is 5.38. The minimum atomic E-state index is -1.41. The Bertz CT molecular complexity index is 789. The lowest BCUT2D eigenvalue weighted by Gasteiger charge is -2.37. The Kier molecular flexibility index (Phi) is 4.86. The molecule has 0 radical (unpaired) electrons. The number of aliphatic hydroxyl groups is 4. The molecule has 5 atom stereocenters. The predicted octanol–water partition coefficient (Wildman–Crippen LogP) is 0.342. The van der Waals surface area contributed by atoms with Gasteiger partial charge in [-0.15, -0.1) is 0 Å². The van der Waals surface area contributed by atoms with E-state index >= 15 is 0 Å². The molecule has 1 aliphatic heterocycles. The molecule has 1 saturated heterocycles. The molecule has 1 aliphatic rings. The van der Waals surface area contributed by atoms with Crippen molar-refractivity contribution in [2.24, 2.45) is 0 Å². The summed E-state index contributed by atoms with van der Waals surface area (Å²) in [5.41, 5.74) is 1.91. The molecule has 1 fully saturated rings. The van der Waals surface area contributed by atoms with Crippen molar-refractivity contribution in [2.45, 2.75) is 37.4 Å². The molecule has 5 nitrogen and oxygen atoms in total. The maximum atomic E-state index is 9.99. The summed E-state index contributed by atoms with van der Waals surface area (Å²) in [6.45, 7) is 1.56. The monoisotopic (exact) mass is 328 g/mol. The Morgan fingerprint density at radius 2 is 1.71 bits per heavy atom. The molecule has 0 amide bonds. The summed E-state index contributed by atoms with van der Waals surface area (Å²) in [5, 5.41) is 40.9. The molecule has 5 unspecified atom stereocenters. The van der Waals surface area contributed by atoms with Gasteiger partial charge in [-0.2, -0.15) is 0 Å². The van der Waals surface area contributed by atoms with E-state index in [-0.39, 0.29) is 0 Å². The number of benzene rings is 2. The van der Waals surface area contributed by atoms with Crippen LogP contribution in [-0.4, -0.2) is 57.6 Å². The number of fused-ring (bicyclic) bond motifs is 1. The maximum Gasteiger partial charge on any atom is 0.147 e. The van der Waals surface area contributed by atoms with Gasteiger partial charge in [0.1, 0.15) is 30.5 Å². The van der Waals surface area contributed by atoms with E-state index in [1.165, 1.54) is 0 Å². The predicted molar refractivity (Wildman–Crippen MR) is 89.3 cm³/mol. The summed E-state index contributed by atoms with van der Waals surface area (Å²) in [5.74, 6) is 5.70. The first-order valence-corrected chi connectivity index (χ1v) is 7.82. The molecule has 24 heavy (non-hydrogen) atoms. The van der Waals surface area contributed by atoms with Gasteiger partial charge in [0.25, 0.3) is 0 Å². The van der Waals surface area contributed by atoms with Crippen molar-refractivity contribution >= 4 is 10.8 Å². The second kappa shape index (κ2) is 6.89. The lowest BCUT2D eigenvalue weighted by atomic mass is 9.95. The fourth-order valence-electron chi connectivity index (χ4n) is 2.82. The zero-order valence-corrected chi connectivity index (χ0v) is 13.3. The fourth-order valence-corrected chi connectivity index (χ4v) is 2.82. The number of hydrogen-bond acceptors (Lipinski definition) is 5. The summed E-state index contributed by atoms with van der Waals surface area (Å²) in [6.07, 6.45) is -6.03. The number of rotatable bonds is 1. The molecule has 4 N–H and O–H groups in total. The third-order valence-corrected chi connectivity index (χ3v) is 4.25. The van der Waals surface area contributed by atoms with Crippen LogP contribution in [0.3, 0.4) is 0 Å². The van der Waals surface area contributed by atoms with Gasteiger partial charge in [-0.1, -0.05) is 41.7 Å². The highest BCUT2D eigenvalue weighted by Gasteiger charge is 2.42. The summed E-state index contributed by atoms with van der Waals surface area (Å²) in [4.78, 5) is 0. The SMILES string of the molecule is Cc1ccc2ccc(C#CC3OC(CO)C(O)C(O)C3O)cc2c1. The van der Waals surface area contributed by atoms with Crippen LogP contribution in [0.4, 0.5) is 0 Å². The molecular weight excluding hydrogens is 308 g/mol. The van der Waals surface area contributed by atoms with E-state index in [1.54, 1.807) is 0 Å². The molecule has 2 aromatic carbocycles. The van der Waals surface area contributed by atoms with Gasteiger partial charge in [-0.3, -0.25) is 0 Å². The topological polar surface area (TPSA) is 90.2 Å². The van der Waals surface area contributed by atoms with Crippen LogP contribution in [0.1, 0.15) is 11.1 Å². The Balaban J connectivity index is 1.86. The second-order valence-electron chi connectivity index (χ2n) is 6.08. The molecule has 2 aromatic rings. The number of aliphatic hydroxyl groups excluding tert-OH is 4. The fraction of sp³-hybridized carbons (Fsp3) is 0.368. The van der Waals surface area contributed by atoms with Crippen LogP contribution < -0.4 is 0 Å². The van der Waals surface area contributed by atoms with Gasteiger partial charge in [-0.05, 0) is 29.8 Å². The lowest BCUT2D eigenvalue weighted by molar-refractivity contribution is -0.214. The van der Waals surface area contributed by atoms with E-state index < -0.39 is 37.1 Å². The van der Waals surface area contributed by atoms with Crippen LogP contribution >= 0.6 is 0 Å². The van der Waals surface area contributed by atoms with E-state index in [4.69, 9.17) is 4.74 Å². The van der Waals surface area contributed by atoms with E-state index in [9.17, 15) is 20.4 Å². The number of hydrogen-bond donors (Lipinski definition) is 4. The van der Waals surface area contributed by atoms with Crippen LogP contribution in [-0.2, 0) is 4.74 Å². The molecule has 5 heteroatoms. The summed E-state index contributed by atoms with van der Waals surface area (Å²) in [7, 11) is 0. The second-order valence-corrected chi connectivity index (χ2v) is 6.08. The molecule has 0 bridgehead atoms. The first kappa shape index (κ1) is 16.9. The Hall–Kier alpha value is -1.94. The van der Waals surface area contributed by atoms with Crippen molar-refractivity contribution < 1.29 is 25.2 Å². The average Bonchev–Trinajstić information content (AvgIpc) is 2.58. The van der Waals surface area contributed by atoms with E-state index in [1.807, 2.05) is 37.3 Å². The van der Waals surface area contributed by atoms with Crippen molar-refractivity contribution in [3.8, 4) is 11.8 Å². The standard InChI is InChI=1S/C19H20O5/c1-11-2-5-13-6-3-12(9-14(13)8-11)4-7-15-17(21)19(23)18(22)16(10-20)24-15/h2-3,5-6,8-9,15-23H,10H2,1H3. The Morgan fingerprint density at radius 3 is 2.46 bits per heavy atom. The van der Waals surface area contributed by atoms with Crippen LogP contribution in [0.25, 0.3) is 10.8 Å².